The third-order valence-corrected chi connectivity index (χ3v) is 5.90. The van der Waals surface area contributed by atoms with Crippen molar-refractivity contribution in [3.63, 3.8) is 0 Å². The van der Waals surface area contributed by atoms with Crippen LogP contribution in [0.1, 0.15) is 52.9 Å². The molecule has 0 rings (SSSR count). The van der Waals surface area contributed by atoms with E-state index >= 15 is 0 Å². The van der Waals surface area contributed by atoms with Crippen molar-refractivity contribution in [3.8, 4) is 0 Å². The molecule has 0 fully saturated rings. The van der Waals surface area contributed by atoms with Crippen LogP contribution in [0.25, 0.3) is 0 Å². The summed E-state index contributed by atoms with van der Waals surface area (Å²) in [5.41, 5.74) is 0. The van der Waals surface area contributed by atoms with Gasteiger partial charge in [-0.1, -0.05) is 24.6 Å². The summed E-state index contributed by atoms with van der Waals surface area (Å²) >= 11 is 4.80. The predicted octanol–water partition coefficient (Wildman–Crippen LogP) is 2.18. The number of hydrogen-bond donors (Lipinski definition) is 1. The van der Waals surface area contributed by atoms with E-state index in [9.17, 15) is 9.69 Å². The van der Waals surface area contributed by atoms with Crippen molar-refractivity contribution in [2.24, 2.45) is 0 Å². The second kappa shape index (κ2) is 24.5. The van der Waals surface area contributed by atoms with Crippen molar-refractivity contribution in [2.75, 3.05) is 79.2 Å². The lowest BCUT2D eigenvalue weighted by atomic mass is 10.2. The Balaban J connectivity index is 3.28. The van der Waals surface area contributed by atoms with E-state index in [-0.39, 0.29) is 12.0 Å². The summed E-state index contributed by atoms with van der Waals surface area (Å²) in [5.74, 6) is -0.0287. The van der Waals surface area contributed by atoms with Crippen LogP contribution in [-0.4, -0.2) is 91.2 Å². The smallest absolute Gasteiger partial charge is 0.222 e. The highest BCUT2D eigenvalue weighted by atomic mass is 32.5. The number of unbranched alkanes of at least 4 members (excludes halogenated alkanes) is 3. The van der Waals surface area contributed by atoms with Crippen LogP contribution in [0.2, 0.25) is 0 Å². The topological polar surface area (TPSA) is 117 Å². The molecule has 204 valence electrons. The molecule has 34 heavy (non-hydrogen) atoms. The lowest BCUT2D eigenvalue weighted by molar-refractivity contribution is -0.209. The Morgan fingerprint density at radius 2 is 1.29 bits per heavy atom. The Labute approximate surface area is 210 Å². The minimum Gasteiger partial charge on any atom is -0.780 e. The van der Waals surface area contributed by atoms with Crippen LogP contribution < -0.4 is 10.2 Å². The third-order valence-electron chi connectivity index (χ3n) is 4.15. The number of carbonyl (C=O) groups is 1. The minimum absolute atomic E-state index is 0.0287. The van der Waals surface area contributed by atoms with Gasteiger partial charge in [-0.2, -0.15) is 0 Å². The predicted molar refractivity (Wildman–Crippen MR) is 132 cm³/mol. The van der Waals surface area contributed by atoms with Gasteiger partial charge in [-0.05, 0) is 33.6 Å². The lowest BCUT2D eigenvalue weighted by Crippen LogP contribution is -2.25. The summed E-state index contributed by atoms with van der Waals surface area (Å²) in [4.78, 5) is 23.6. The van der Waals surface area contributed by atoms with Gasteiger partial charge in [0.25, 0.3) is 0 Å². The zero-order chi connectivity index (χ0) is 25.3. The summed E-state index contributed by atoms with van der Waals surface area (Å²) in [6, 6.07) is 0. The van der Waals surface area contributed by atoms with Gasteiger partial charge in [-0.25, -0.2) is 0 Å². The van der Waals surface area contributed by atoms with Crippen LogP contribution >= 0.6 is 6.72 Å². The molecule has 0 radical (unpaired) electrons. The highest BCUT2D eigenvalue weighted by Gasteiger charge is 2.06. The monoisotopic (exact) mass is 530 g/mol. The quantitative estimate of drug-likeness (QED) is 0.132. The Morgan fingerprint density at radius 1 is 0.794 bits per heavy atom. The molecule has 0 aromatic carbocycles. The fourth-order valence-electron chi connectivity index (χ4n) is 2.55. The first-order valence-electron chi connectivity index (χ1n) is 12.2. The Morgan fingerprint density at radius 3 is 1.82 bits per heavy atom. The van der Waals surface area contributed by atoms with Gasteiger partial charge in [-0.3, -0.25) is 4.79 Å². The summed E-state index contributed by atoms with van der Waals surface area (Å²) in [5, 5.41) is 2.87. The van der Waals surface area contributed by atoms with E-state index in [2.05, 4.69) is 5.32 Å². The van der Waals surface area contributed by atoms with Crippen molar-refractivity contribution in [1.29, 1.82) is 0 Å². The number of rotatable bonds is 26. The molecule has 0 bridgehead atoms. The van der Waals surface area contributed by atoms with Gasteiger partial charge in [0.05, 0.1) is 72.2 Å². The van der Waals surface area contributed by atoms with Crippen molar-refractivity contribution < 1.29 is 42.4 Å². The lowest BCUT2D eigenvalue weighted by Gasteiger charge is -2.29. The SMILES string of the molecule is CCOCCOCCOCCOCCOCCC(=O)NCCCCCCOP([O-])(=S)OC(C)C. The van der Waals surface area contributed by atoms with Crippen LogP contribution in [0.5, 0.6) is 0 Å². The van der Waals surface area contributed by atoms with E-state index in [1.807, 2.05) is 6.92 Å². The van der Waals surface area contributed by atoms with E-state index in [0.29, 0.717) is 85.6 Å². The molecule has 0 aromatic rings. The van der Waals surface area contributed by atoms with Gasteiger partial charge in [0.15, 0.2) is 0 Å². The van der Waals surface area contributed by atoms with Gasteiger partial charge < -0.3 is 42.9 Å². The van der Waals surface area contributed by atoms with Crippen molar-refractivity contribution in [3.05, 3.63) is 0 Å². The molecule has 0 saturated heterocycles. The van der Waals surface area contributed by atoms with E-state index in [1.165, 1.54) is 0 Å². The van der Waals surface area contributed by atoms with Crippen molar-refractivity contribution >= 4 is 24.4 Å². The van der Waals surface area contributed by atoms with Gasteiger partial charge >= 0.3 is 0 Å². The second-order valence-electron chi connectivity index (χ2n) is 7.60. The number of nitrogens with one attached hydrogen (secondary N) is 1. The molecule has 12 heteroatoms. The van der Waals surface area contributed by atoms with Crippen LogP contribution in [-0.2, 0) is 49.3 Å². The zero-order valence-corrected chi connectivity index (χ0v) is 22.8. The molecule has 0 spiro atoms. The minimum atomic E-state index is -3.36. The molecular weight excluding hydrogens is 485 g/mol. The molecule has 0 saturated carbocycles. The second-order valence-corrected chi connectivity index (χ2v) is 10.3. The van der Waals surface area contributed by atoms with E-state index in [0.717, 1.165) is 25.7 Å². The molecule has 1 atom stereocenters. The summed E-state index contributed by atoms with van der Waals surface area (Å²) in [7, 11) is 0. The molecule has 0 aliphatic rings. The fraction of sp³-hybridized carbons (Fsp3) is 0.955. The van der Waals surface area contributed by atoms with E-state index < -0.39 is 6.72 Å². The number of amides is 1. The van der Waals surface area contributed by atoms with Crippen molar-refractivity contribution in [2.45, 2.75) is 59.0 Å². The Hall–Kier alpha value is -0.200. The Bertz CT molecular complexity index is 515. The van der Waals surface area contributed by atoms with Crippen LogP contribution in [0, 0.1) is 0 Å². The first-order chi connectivity index (χ1) is 16.4. The number of hydrogen-bond acceptors (Lipinski definition) is 10. The third kappa shape index (κ3) is 26.4. The average molecular weight is 531 g/mol. The van der Waals surface area contributed by atoms with Gasteiger partial charge in [0.1, 0.15) is 6.72 Å². The van der Waals surface area contributed by atoms with Crippen LogP contribution in [0.3, 0.4) is 0 Å². The van der Waals surface area contributed by atoms with Crippen LogP contribution in [0.15, 0.2) is 0 Å². The van der Waals surface area contributed by atoms with Crippen molar-refractivity contribution in [1.82, 2.24) is 5.32 Å². The summed E-state index contributed by atoms with van der Waals surface area (Å²) in [6.07, 6.45) is 3.57. The highest BCUT2D eigenvalue weighted by Crippen LogP contribution is 2.40. The van der Waals surface area contributed by atoms with Gasteiger partial charge in [0, 0.05) is 19.6 Å². The molecule has 1 amide bonds. The largest absolute Gasteiger partial charge is 0.780 e. The molecule has 0 aliphatic heterocycles. The normalized spacial score (nSPS) is 13.3. The summed E-state index contributed by atoms with van der Waals surface area (Å²) < 4.78 is 36.9. The highest BCUT2D eigenvalue weighted by molar-refractivity contribution is 8.06. The molecular formula is C22H45NO9PS-. The standard InChI is InChI=1S/C22H46NO9PS/c1-4-26-13-14-28-17-18-30-20-19-29-16-15-27-12-9-22(24)23-10-7-5-6-8-11-31-33(25,34)32-21(2)3/h21H,4-20H2,1-3H3,(H,23,24)(H,25,34)/p-1. The zero-order valence-electron chi connectivity index (χ0n) is 21.1. The average Bonchev–Trinajstić information content (AvgIpc) is 2.77. The molecule has 1 N–H and O–H groups in total. The number of carbonyl (C=O) groups excluding carboxylic acids is 1. The van der Waals surface area contributed by atoms with E-state index in [4.69, 9.17) is 44.5 Å². The van der Waals surface area contributed by atoms with Gasteiger partial charge in [-0.15, -0.1) is 0 Å². The van der Waals surface area contributed by atoms with E-state index in [1.54, 1.807) is 13.8 Å². The molecule has 1 unspecified atom stereocenters. The maximum Gasteiger partial charge on any atom is 0.222 e. The van der Waals surface area contributed by atoms with Crippen LogP contribution in [0.4, 0.5) is 0 Å². The fourth-order valence-corrected chi connectivity index (χ4v) is 4.22. The number of ether oxygens (including phenoxy) is 5. The molecule has 0 aromatic heterocycles. The van der Waals surface area contributed by atoms with Gasteiger partial charge in [0.2, 0.25) is 5.91 Å². The maximum absolute atomic E-state index is 11.8. The molecule has 0 aliphatic carbocycles. The first-order valence-corrected chi connectivity index (χ1v) is 14.7. The first kappa shape index (κ1) is 33.8. The molecule has 0 heterocycles. The maximum atomic E-state index is 11.8. The molecule has 10 nitrogen and oxygen atoms in total. The summed E-state index contributed by atoms with van der Waals surface area (Å²) in [6.45, 7) is 8.28. The Kier molecular flexibility index (Phi) is 24.3.